The fourth-order valence-corrected chi connectivity index (χ4v) is 1.38. The topological polar surface area (TPSA) is 64.5 Å². The van der Waals surface area contributed by atoms with Crippen LogP contribution in [0.2, 0.25) is 0 Å². The van der Waals surface area contributed by atoms with Crippen molar-refractivity contribution in [2.24, 2.45) is 0 Å². The zero-order valence-electron chi connectivity index (χ0n) is 4.63. The second-order valence-electron chi connectivity index (χ2n) is 1.46. The van der Waals surface area contributed by atoms with E-state index in [0.29, 0.717) is 5.01 Å². The van der Waals surface area contributed by atoms with E-state index in [2.05, 4.69) is 23.5 Å². The van der Waals surface area contributed by atoms with Crippen LogP contribution in [0.1, 0.15) is 0 Å². The van der Waals surface area contributed by atoms with E-state index in [0.717, 1.165) is 17.4 Å². The molecule has 2 aromatic heterocycles. The van der Waals surface area contributed by atoms with Crippen LogP contribution in [-0.4, -0.2) is 23.5 Å². The van der Waals surface area contributed by atoms with E-state index in [-0.39, 0.29) is 0 Å². The second-order valence-corrected chi connectivity index (χ2v) is 2.75. The molecule has 0 aliphatic heterocycles. The van der Waals surface area contributed by atoms with Gasteiger partial charge in [0.25, 0.3) is 0 Å². The van der Waals surface area contributed by atoms with Gasteiger partial charge in [-0.1, -0.05) is 4.49 Å². The standard InChI is InChI=1S/C3HN5S2/c1-2(6-10-4-1)3-5-7-8-9-3/h1H. The normalized spacial score (nSPS) is 10.0. The molecule has 0 radical (unpaired) electrons. The smallest absolute Gasteiger partial charge is 0.181 e. The molecule has 10 heavy (non-hydrogen) atoms. The van der Waals surface area contributed by atoms with Crippen LogP contribution in [0.3, 0.4) is 0 Å². The van der Waals surface area contributed by atoms with Gasteiger partial charge in [-0.15, -0.1) is 5.10 Å². The van der Waals surface area contributed by atoms with Gasteiger partial charge in [0, 0.05) is 11.5 Å². The van der Waals surface area contributed by atoms with Crippen molar-refractivity contribution in [1.29, 1.82) is 0 Å². The summed E-state index contributed by atoms with van der Waals surface area (Å²) in [5, 5.41) is 7.87. The Morgan fingerprint density at radius 3 is 3.00 bits per heavy atom. The number of aromatic nitrogens is 5. The Labute approximate surface area is 64.2 Å². The van der Waals surface area contributed by atoms with Crippen LogP contribution in [0, 0.1) is 0 Å². The summed E-state index contributed by atoms with van der Waals surface area (Å²) in [6.45, 7) is 0. The van der Waals surface area contributed by atoms with Crippen molar-refractivity contribution < 1.29 is 0 Å². The number of nitrogens with zero attached hydrogens (tertiary/aromatic N) is 5. The summed E-state index contributed by atoms with van der Waals surface area (Å²) in [7, 11) is 0. The van der Waals surface area contributed by atoms with E-state index in [4.69, 9.17) is 0 Å². The van der Waals surface area contributed by atoms with E-state index in [1.54, 1.807) is 6.20 Å². The van der Waals surface area contributed by atoms with Crippen LogP contribution in [0.25, 0.3) is 10.7 Å². The number of hydrogen-bond acceptors (Lipinski definition) is 7. The Morgan fingerprint density at radius 1 is 1.40 bits per heavy atom. The molecule has 0 saturated carbocycles. The molecule has 5 nitrogen and oxygen atoms in total. The minimum Gasteiger partial charge on any atom is -0.181 e. The lowest BCUT2D eigenvalue weighted by atomic mass is 10.5. The van der Waals surface area contributed by atoms with Gasteiger partial charge in [0.05, 0.1) is 17.9 Å². The largest absolute Gasteiger partial charge is 0.189 e. The fourth-order valence-electron chi connectivity index (χ4n) is 0.491. The molecule has 2 rings (SSSR count). The molecule has 0 unspecified atom stereocenters. The fraction of sp³-hybridized carbons (Fsp3) is 0. The first-order valence-electron chi connectivity index (χ1n) is 2.40. The molecule has 7 heteroatoms. The Kier molecular flexibility index (Phi) is 1.36. The van der Waals surface area contributed by atoms with E-state index in [9.17, 15) is 0 Å². The van der Waals surface area contributed by atoms with E-state index in [1.807, 2.05) is 0 Å². The van der Waals surface area contributed by atoms with Crippen molar-refractivity contribution >= 4 is 23.3 Å². The molecule has 0 saturated heterocycles. The summed E-state index contributed by atoms with van der Waals surface area (Å²) in [4.78, 5) is 0. The highest BCUT2D eigenvalue weighted by Gasteiger charge is 2.03. The first-order chi connectivity index (χ1) is 4.97. The highest BCUT2D eigenvalue weighted by Crippen LogP contribution is 2.15. The quantitative estimate of drug-likeness (QED) is 0.623. The molecular formula is C3HN5S2. The molecule has 0 aliphatic rings. The minimum absolute atomic E-state index is 0.716. The molecule has 0 fully saturated rings. The molecule has 0 amide bonds. The summed E-state index contributed by atoms with van der Waals surface area (Å²) in [5.41, 5.74) is 0.750. The second kappa shape index (κ2) is 2.35. The molecule has 0 atom stereocenters. The predicted octanol–water partition coefficient (Wildman–Crippen LogP) is 0.452. The lowest BCUT2D eigenvalue weighted by Crippen LogP contribution is -1.73. The molecule has 0 bridgehead atoms. The van der Waals surface area contributed by atoms with E-state index < -0.39 is 0 Å². The van der Waals surface area contributed by atoms with Crippen molar-refractivity contribution in [3.8, 4) is 10.7 Å². The molecular weight excluding hydrogens is 170 g/mol. The Bertz CT molecular complexity index is 254. The van der Waals surface area contributed by atoms with Gasteiger partial charge in [-0.25, -0.2) is 0 Å². The molecule has 0 aromatic carbocycles. The van der Waals surface area contributed by atoms with Crippen LogP contribution in [0.15, 0.2) is 6.20 Å². The van der Waals surface area contributed by atoms with Gasteiger partial charge in [0.15, 0.2) is 5.01 Å². The third-order valence-corrected chi connectivity index (χ3v) is 1.98. The van der Waals surface area contributed by atoms with Crippen LogP contribution in [-0.2, 0) is 0 Å². The SMILES string of the molecule is c1nsnc1-c1nnns1. The Morgan fingerprint density at radius 2 is 2.40 bits per heavy atom. The monoisotopic (exact) mass is 171 g/mol. The molecule has 0 spiro atoms. The van der Waals surface area contributed by atoms with Gasteiger partial charge < -0.3 is 0 Å². The van der Waals surface area contributed by atoms with Gasteiger partial charge in [-0.05, 0) is 5.21 Å². The summed E-state index contributed by atoms with van der Waals surface area (Å²) < 4.78 is 11.4. The van der Waals surface area contributed by atoms with Crippen molar-refractivity contribution in [2.45, 2.75) is 0 Å². The van der Waals surface area contributed by atoms with Gasteiger partial charge >= 0.3 is 0 Å². The van der Waals surface area contributed by atoms with Crippen molar-refractivity contribution in [3.63, 3.8) is 0 Å². The maximum atomic E-state index is 3.96. The highest BCUT2D eigenvalue weighted by molar-refractivity contribution is 7.09. The first-order valence-corrected chi connectivity index (χ1v) is 3.90. The van der Waals surface area contributed by atoms with Crippen LogP contribution in [0.5, 0.6) is 0 Å². The number of hydrogen-bond donors (Lipinski definition) is 0. The molecule has 50 valence electrons. The van der Waals surface area contributed by atoms with Crippen molar-refractivity contribution in [2.75, 3.05) is 0 Å². The van der Waals surface area contributed by atoms with Gasteiger partial charge in [-0.3, -0.25) is 0 Å². The zero-order chi connectivity index (χ0) is 6.81. The van der Waals surface area contributed by atoms with Crippen molar-refractivity contribution in [1.82, 2.24) is 23.5 Å². The zero-order valence-corrected chi connectivity index (χ0v) is 6.26. The maximum absolute atomic E-state index is 3.96. The van der Waals surface area contributed by atoms with E-state index in [1.165, 1.54) is 11.5 Å². The first kappa shape index (κ1) is 5.81. The maximum Gasteiger partial charge on any atom is 0.189 e. The van der Waals surface area contributed by atoms with E-state index >= 15 is 0 Å². The third-order valence-electron chi connectivity index (χ3n) is 0.880. The summed E-state index contributed by atoms with van der Waals surface area (Å²) in [5.74, 6) is 0. The van der Waals surface area contributed by atoms with Crippen molar-refractivity contribution in [3.05, 3.63) is 6.20 Å². The minimum atomic E-state index is 0.716. The van der Waals surface area contributed by atoms with Gasteiger partial charge in [0.1, 0.15) is 5.69 Å². The summed E-state index contributed by atoms with van der Waals surface area (Å²) in [6.07, 6.45) is 1.65. The molecule has 2 aromatic rings. The lowest BCUT2D eigenvalue weighted by Gasteiger charge is -1.76. The lowest BCUT2D eigenvalue weighted by molar-refractivity contribution is 0.960. The Balaban J connectivity index is 2.48. The highest BCUT2D eigenvalue weighted by atomic mass is 32.1. The van der Waals surface area contributed by atoms with Crippen LogP contribution >= 0.6 is 23.3 Å². The van der Waals surface area contributed by atoms with Crippen LogP contribution in [0.4, 0.5) is 0 Å². The Hall–Kier alpha value is -0.950. The van der Waals surface area contributed by atoms with Gasteiger partial charge in [0.2, 0.25) is 0 Å². The molecule has 0 aliphatic carbocycles. The predicted molar refractivity (Wildman–Crippen MR) is 36.6 cm³/mol. The summed E-state index contributed by atoms with van der Waals surface area (Å²) in [6, 6.07) is 0. The number of rotatable bonds is 1. The third kappa shape index (κ3) is 0.888. The average molecular weight is 171 g/mol. The molecule has 2 heterocycles. The van der Waals surface area contributed by atoms with Crippen LogP contribution < -0.4 is 0 Å². The summed E-state index contributed by atoms with van der Waals surface area (Å²) >= 11 is 2.36. The average Bonchev–Trinajstić information content (AvgIpc) is 2.59. The molecule has 0 N–H and O–H groups in total. The van der Waals surface area contributed by atoms with Gasteiger partial charge in [-0.2, -0.15) is 8.75 Å².